The van der Waals surface area contributed by atoms with Crippen molar-refractivity contribution in [1.29, 1.82) is 0 Å². The van der Waals surface area contributed by atoms with Crippen molar-refractivity contribution >= 4 is 17.9 Å². The maximum Gasteiger partial charge on any atom is 0.269 e. The zero-order valence-corrected chi connectivity index (χ0v) is 16.7. The minimum Gasteiger partial charge on any atom is -0.493 e. The van der Waals surface area contributed by atoms with Crippen molar-refractivity contribution in [1.82, 2.24) is 10.9 Å². The third-order valence-corrected chi connectivity index (χ3v) is 4.37. The van der Waals surface area contributed by atoms with Gasteiger partial charge in [0.1, 0.15) is 0 Å². The van der Waals surface area contributed by atoms with Crippen LogP contribution in [0.4, 0.5) is 0 Å². The summed E-state index contributed by atoms with van der Waals surface area (Å²) >= 11 is 0. The van der Waals surface area contributed by atoms with Crippen LogP contribution in [-0.4, -0.2) is 26.0 Å². The molecule has 3 aromatic carbocycles. The lowest BCUT2D eigenvalue weighted by atomic mass is 10.0. The molecule has 152 valence electrons. The van der Waals surface area contributed by atoms with Crippen LogP contribution in [0.5, 0.6) is 11.5 Å². The van der Waals surface area contributed by atoms with Crippen LogP contribution in [-0.2, 0) is 4.79 Å². The van der Waals surface area contributed by atoms with Crippen molar-refractivity contribution in [3.63, 3.8) is 0 Å². The quantitative estimate of drug-likeness (QED) is 0.485. The lowest BCUT2D eigenvalue weighted by molar-refractivity contribution is -0.117. The molecule has 0 fully saturated rings. The van der Waals surface area contributed by atoms with Gasteiger partial charge in [0.2, 0.25) is 0 Å². The first kappa shape index (κ1) is 20.7. The SMILES string of the molecule is COc1ccc(C(=O)NNC(=O)/C=C/c2cccc(-c3ccccc3)c2)cc1OC. The Balaban J connectivity index is 1.59. The van der Waals surface area contributed by atoms with Crippen molar-refractivity contribution < 1.29 is 19.1 Å². The minimum absolute atomic E-state index is 0.326. The molecule has 0 saturated heterocycles. The average Bonchev–Trinajstić information content (AvgIpc) is 2.81. The van der Waals surface area contributed by atoms with E-state index < -0.39 is 11.8 Å². The van der Waals surface area contributed by atoms with E-state index in [-0.39, 0.29) is 0 Å². The van der Waals surface area contributed by atoms with Gasteiger partial charge in [0.05, 0.1) is 14.2 Å². The van der Waals surface area contributed by atoms with Crippen LogP contribution in [0.25, 0.3) is 17.2 Å². The molecule has 0 heterocycles. The van der Waals surface area contributed by atoms with Gasteiger partial charge in [-0.25, -0.2) is 0 Å². The summed E-state index contributed by atoms with van der Waals surface area (Å²) in [4.78, 5) is 24.3. The predicted octanol–water partition coefficient (Wildman–Crippen LogP) is 3.85. The number of nitrogens with one attached hydrogen (secondary N) is 2. The number of ether oxygens (including phenoxy) is 2. The highest BCUT2D eigenvalue weighted by atomic mass is 16.5. The Morgan fingerprint density at radius 2 is 1.50 bits per heavy atom. The number of amides is 2. The molecule has 0 unspecified atom stereocenters. The lowest BCUT2D eigenvalue weighted by Gasteiger charge is -2.10. The van der Waals surface area contributed by atoms with Gasteiger partial charge in [0.15, 0.2) is 11.5 Å². The van der Waals surface area contributed by atoms with E-state index in [0.717, 1.165) is 16.7 Å². The third kappa shape index (κ3) is 5.26. The Kier molecular flexibility index (Phi) is 6.84. The van der Waals surface area contributed by atoms with Gasteiger partial charge in [-0.2, -0.15) is 0 Å². The van der Waals surface area contributed by atoms with Gasteiger partial charge in [-0.1, -0.05) is 48.5 Å². The lowest BCUT2D eigenvalue weighted by Crippen LogP contribution is -2.40. The highest BCUT2D eigenvalue weighted by Gasteiger charge is 2.11. The second-order valence-corrected chi connectivity index (χ2v) is 6.34. The van der Waals surface area contributed by atoms with E-state index in [0.29, 0.717) is 17.1 Å². The molecule has 2 amide bonds. The van der Waals surface area contributed by atoms with Crippen LogP contribution in [0.3, 0.4) is 0 Å². The highest BCUT2D eigenvalue weighted by molar-refractivity contribution is 5.98. The molecule has 0 aliphatic rings. The Hall–Kier alpha value is -4.06. The van der Waals surface area contributed by atoms with Gasteiger partial charge < -0.3 is 9.47 Å². The van der Waals surface area contributed by atoms with Crippen LogP contribution in [0.2, 0.25) is 0 Å². The largest absolute Gasteiger partial charge is 0.493 e. The number of hydrazine groups is 1. The average molecular weight is 402 g/mol. The minimum atomic E-state index is -0.469. The van der Waals surface area contributed by atoms with Gasteiger partial charge in [0.25, 0.3) is 11.8 Å². The monoisotopic (exact) mass is 402 g/mol. The standard InChI is InChI=1S/C24H22N2O4/c1-29-21-13-12-20(16-22(21)30-2)24(28)26-25-23(27)14-11-17-7-6-10-19(15-17)18-8-4-3-5-9-18/h3-16H,1-2H3,(H,25,27)(H,26,28)/b14-11+. The van der Waals surface area contributed by atoms with E-state index in [1.807, 2.05) is 54.6 Å². The molecule has 2 N–H and O–H groups in total. The van der Waals surface area contributed by atoms with E-state index >= 15 is 0 Å². The maximum absolute atomic E-state index is 12.2. The van der Waals surface area contributed by atoms with E-state index in [1.165, 1.54) is 26.4 Å². The summed E-state index contributed by atoms with van der Waals surface area (Å²) in [7, 11) is 3.00. The first-order valence-corrected chi connectivity index (χ1v) is 9.26. The van der Waals surface area contributed by atoms with E-state index in [2.05, 4.69) is 10.9 Å². The molecule has 6 nitrogen and oxygen atoms in total. The molecule has 0 bridgehead atoms. The Morgan fingerprint density at radius 3 is 2.23 bits per heavy atom. The molecule has 6 heteroatoms. The van der Waals surface area contributed by atoms with Crippen LogP contribution < -0.4 is 20.3 Å². The van der Waals surface area contributed by atoms with Gasteiger partial charge in [0, 0.05) is 11.6 Å². The molecule has 3 aromatic rings. The maximum atomic E-state index is 12.2. The molecule has 0 aliphatic carbocycles. The zero-order valence-electron chi connectivity index (χ0n) is 16.7. The fraction of sp³-hybridized carbons (Fsp3) is 0.0833. The molecule has 0 atom stereocenters. The van der Waals surface area contributed by atoms with Crippen molar-refractivity contribution in [3.8, 4) is 22.6 Å². The fourth-order valence-corrected chi connectivity index (χ4v) is 2.83. The third-order valence-electron chi connectivity index (χ3n) is 4.37. The summed E-state index contributed by atoms with van der Waals surface area (Å²) in [6.07, 6.45) is 3.04. The molecular weight excluding hydrogens is 380 g/mol. The summed E-state index contributed by atoms with van der Waals surface area (Å²) in [5.74, 6) is 0.0196. The Labute approximate surface area is 175 Å². The number of hydrogen-bond donors (Lipinski definition) is 2. The number of carbonyl (C=O) groups is 2. The summed E-state index contributed by atoms with van der Waals surface area (Å²) in [5, 5.41) is 0. The Morgan fingerprint density at radius 1 is 0.767 bits per heavy atom. The molecule has 0 spiro atoms. The number of benzene rings is 3. The predicted molar refractivity (Wildman–Crippen MR) is 116 cm³/mol. The topological polar surface area (TPSA) is 76.7 Å². The van der Waals surface area contributed by atoms with Crippen molar-refractivity contribution in [2.45, 2.75) is 0 Å². The molecular formula is C24H22N2O4. The molecule has 0 aliphatic heterocycles. The van der Waals surface area contributed by atoms with Crippen molar-refractivity contribution in [2.24, 2.45) is 0 Å². The van der Waals surface area contributed by atoms with Crippen molar-refractivity contribution in [3.05, 3.63) is 90.0 Å². The second-order valence-electron chi connectivity index (χ2n) is 6.34. The molecule has 3 rings (SSSR count). The summed E-state index contributed by atoms with van der Waals surface area (Å²) in [6, 6.07) is 22.5. The van der Waals surface area contributed by atoms with Gasteiger partial charge in [-0.05, 0) is 47.0 Å². The van der Waals surface area contributed by atoms with Gasteiger partial charge >= 0.3 is 0 Å². The number of carbonyl (C=O) groups excluding carboxylic acids is 2. The van der Waals surface area contributed by atoms with E-state index in [9.17, 15) is 9.59 Å². The van der Waals surface area contributed by atoms with E-state index in [4.69, 9.17) is 9.47 Å². The smallest absolute Gasteiger partial charge is 0.269 e. The summed E-state index contributed by atoms with van der Waals surface area (Å²) in [5.41, 5.74) is 8.09. The molecule has 30 heavy (non-hydrogen) atoms. The van der Waals surface area contributed by atoms with Gasteiger partial charge in [-0.3, -0.25) is 20.4 Å². The van der Waals surface area contributed by atoms with Crippen LogP contribution in [0.1, 0.15) is 15.9 Å². The fourth-order valence-electron chi connectivity index (χ4n) is 2.83. The molecule has 0 radical (unpaired) electrons. The van der Waals surface area contributed by atoms with E-state index in [1.54, 1.807) is 18.2 Å². The Bertz CT molecular complexity index is 1060. The summed E-state index contributed by atoms with van der Waals surface area (Å²) in [6.45, 7) is 0. The normalized spacial score (nSPS) is 10.5. The highest BCUT2D eigenvalue weighted by Crippen LogP contribution is 2.27. The van der Waals surface area contributed by atoms with Crippen LogP contribution >= 0.6 is 0 Å². The molecule has 0 aromatic heterocycles. The van der Waals surface area contributed by atoms with Crippen LogP contribution in [0.15, 0.2) is 78.9 Å². The molecule has 0 saturated carbocycles. The number of rotatable bonds is 6. The number of methoxy groups -OCH3 is 2. The number of hydrogen-bond acceptors (Lipinski definition) is 4. The second kappa shape index (κ2) is 9.93. The zero-order chi connectivity index (χ0) is 21.3. The van der Waals surface area contributed by atoms with Crippen LogP contribution in [0, 0.1) is 0 Å². The first-order valence-electron chi connectivity index (χ1n) is 9.26. The van der Waals surface area contributed by atoms with Crippen molar-refractivity contribution in [2.75, 3.05) is 14.2 Å². The summed E-state index contributed by atoms with van der Waals surface area (Å²) < 4.78 is 10.3. The first-order chi connectivity index (χ1) is 14.6. The van der Waals surface area contributed by atoms with Gasteiger partial charge in [-0.15, -0.1) is 0 Å².